The number of ether oxygens (including phenoxy) is 1. The second-order valence-corrected chi connectivity index (χ2v) is 18.7. The molecule has 8 heterocycles. The van der Waals surface area contributed by atoms with E-state index >= 15 is 0 Å². The summed E-state index contributed by atoms with van der Waals surface area (Å²) in [5.74, 6) is 1.96. The fourth-order valence-electron chi connectivity index (χ4n) is 8.46. The number of nitrogen functional groups attached to an aromatic ring is 2. The van der Waals surface area contributed by atoms with Gasteiger partial charge in [0, 0.05) is 72.7 Å². The van der Waals surface area contributed by atoms with Crippen LogP contribution in [0.15, 0.2) is 135 Å². The fourth-order valence-corrected chi connectivity index (χ4v) is 8.46. The SMILES string of the molecule is C=CC(=O)Cl.C=CC(=O)N1CCC(c2nc(-c3ccc(C(=O)Nc4ccccn4)cc3)n3c(N)ncnc23)C1.CC(C)(C)OC(=O)N1CCC(c2nc(-c3ccc(C(=O)Nc4ccccn4)cc3)n3c(N)ncnc23)C1. The molecule has 388 valence electrons. The average Bonchev–Trinajstić information content (AvgIpc) is 4.26. The number of carbonyl (C=O) groups excluding carboxylic acids is 5. The molecule has 76 heavy (non-hydrogen) atoms. The molecule has 2 saturated heterocycles. The number of likely N-dealkylation sites (tertiary alicyclic amines) is 2. The lowest BCUT2D eigenvalue weighted by atomic mass is 10.1. The zero-order valence-corrected chi connectivity index (χ0v) is 42.5. The molecule has 10 rings (SSSR count). The first kappa shape index (κ1) is 52.9. The molecule has 2 aliphatic heterocycles. The highest BCUT2D eigenvalue weighted by Crippen LogP contribution is 2.35. The lowest BCUT2D eigenvalue weighted by Crippen LogP contribution is -2.35. The number of pyridine rings is 2. The number of hydrogen-bond acceptors (Lipinski definition) is 16. The predicted octanol–water partition coefficient (Wildman–Crippen LogP) is 7.21. The molecule has 2 unspecified atom stereocenters. The van der Waals surface area contributed by atoms with Crippen molar-refractivity contribution in [1.29, 1.82) is 0 Å². The summed E-state index contributed by atoms with van der Waals surface area (Å²) in [4.78, 5) is 97.9. The molecule has 8 aromatic rings. The number of benzene rings is 2. The number of imidazole rings is 2. The number of nitrogens with zero attached hydrogens (tertiary/aromatic N) is 12. The van der Waals surface area contributed by atoms with Crippen molar-refractivity contribution < 1.29 is 28.7 Å². The van der Waals surface area contributed by atoms with Gasteiger partial charge in [-0.2, -0.15) is 0 Å². The molecule has 6 N–H and O–H groups in total. The van der Waals surface area contributed by atoms with E-state index in [1.807, 2.05) is 20.8 Å². The highest BCUT2D eigenvalue weighted by atomic mass is 35.5. The number of fused-ring (bicyclic) bond motifs is 2. The van der Waals surface area contributed by atoms with Crippen molar-refractivity contribution in [1.82, 2.24) is 58.5 Å². The molecular formula is C53H53ClN16O6. The van der Waals surface area contributed by atoms with E-state index in [1.165, 1.54) is 18.7 Å². The Labute approximate surface area is 441 Å². The smallest absolute Gasteiger partial charge is 0.410 e. The maximum atomic E-state index is 12.6. The quantitative estimate of drug-likeness (QED) is 0.0777. The second-order valence-electron chi connectivity index (χ2n) is 18.3. The fraction of sp³-hybridized carbons (Fsp3) is 0.226. The number of nitrogens with one attached hydrogen (secondary N) is 2. The van der Waals surface area contributed by atoms with E-state index in [0.717, 1.165) is 41.4 Å². The minimum absolute atomic E-state index is 0.0189. The Morgan fingerprint density at radius 2 is 1.07 bits per heavy atom. The summed E-state index contributed by atoms with van der Waals surface area (Å²) in [7, 11) is 0. The van der Waals surface area contributed by atoms with Crippen LogP contribution in [-0.4, -0.2) is 119 Å². The highest BCUT2D eigenvalue weighted by Gasteiger charge is 2.35. The van der Waals surface area contributed by atoms with E-state index in [9.17, 15) is 24.0 Å². The van der Waals surface area contributed by atoms with Gasteiger partial charge in [-0.15, -0.1) is 0 Å². The molecular weight excluding hydrogens is 992 g/mol. The van der Waals surface area contributed by atoms with E-state index in [2.05, 4.69) is 53.7 Å². The number of amides is 4. The summed E-state index contributed by atoms with van der Waals surface area (Å²) in [5.41, 5.74) is 17.0. The summed E-state index contributed by atoms with van der Waals surface area (Å²) >= 11 is 4.71. The first-order valence-electron chi connectivity index (χ1n) is 23.9. The van der Waals surface area contributed by atoms with Crippen molar-refractivity contribution >= 4 is 75.5 Å². The Morgan fingerprint density at radius 3 is 1.46 bits per heavy atom. The van der Waals surface area contributed by atoms with Crippen LogP contribution in [0.25, 0.3) is 34.1 Å². The third-order valence-electron chi connectivity index (χ3n) is 12.0. The largest absolute Gasteiger partial charge is 0.444 e. The number of rotatable bonds is 10. The average molecular weight is 1050 g/mol. The molecule has 0 bridgehead atoms. The van der Waals surface area contributed by atoms with Gasteiger partial charge < -0.3 is 36.6 Å². The van der Waals surface area contributed by atoms with E-state index in [0.29, 0.717) is 71.9 Å². The van der Waals surface area contributed by atoms with Crippen LogP contribution in [0.3, 0.4) is 0 Å². The molecule has 23 heteroatoms. The first-order chi connectivity index (χ1) is 36.5. The number of nitrogens with two attached hydrogens (primary N) is 2. The molecule has 2 aliphatic rings. The van der Waals surface area contributed by atoms with Crippen LogP contribution in [0.2, 0.25) is 0 Å². The lowest BCUT2D eigenvalue weighted by molar-refractivity contribution is -0.125. The van der Waals surface area contributed by atoms with Gasteiger partial charge in [0.25, 0.3) is 11.8 Å². The molecule has 6 aromatic heterocycles. The summed E-state index contributed by atoms with van der Waals surface area (Å²) in [6, 6.07) is 24.7. The van der Waals surface area contributed by atoms with Crippen LogP contribution in [0.5, 0.6) is 0 Å². The van der Waals surface area contributed by atoms with Crippen LogP contribution in [0.4, 0.5) is 28.3 Å². The van der Waals surface area contributed by atoms with Gasteiger partial charge in [0.05, 0.1) is 11.4 Å². The Morgan fingerprint density at radius 1 is 0.632 bits per heavy atom. The number of halogens is 1. The number of carbonyl (C=O) groups is 5. The molecule has 0 saturated carbocycles. The van der Waals surface area contributed by atoms with Crippen LogP contribution >= 0.6 is 11.6 Å². The normalized spacial score (nSPS) is 14.9. The maximum Gasteiger partial charge on any atom is 0.410 e. The zero-order valence-electron chi connectivity index (χ0n) is 41.7. The molecule has 2 fully saturated rings. The summed E-state index contributed by atoms with van der Waals surface area (Å²) < 4.78 is 8.94. The van der Waals surface area contributed by atoms with Crippen molar-refractivity contribution in [3.8, 4) is 22.8 Å². The molecule has 0 radical (unpaired) electrons. The summed E-state index contributed by atoms with van der Waals surface area (Å²) in [5, 5.41) is 5.03. The van der Waals surface area contributed by atoms with Crippen molar-refractivity contribution in [3.05, 3.63) is 158 Å². The van der Waals surface area contributed by atoms with Crippen LogP contribution < -0.4 is 22.1 Å². The van der Waals surface area contributed by atoms with Gasteiger partial charge in [0.15, 0.2) is 11.3 Å². The zero-order chi connectivity index (χ0) is 54.1. The molecule has 2 aromatic carbocycles. The van der Waals surface area contributed by atoms with Crippen molar-refractivity contribution in [2.24, 2.45) is 0 Å². The molecule has 22 nitrogen and oxygen atoms in total. The molecule has 0 aliphatic carbocycles. The van der Waals surface area contributed by atoms with Crippen molar-refractivity contribution in [2.75, 3.05) is 48.3 Å². The van der Waals surface area contributed by atoms with E-state index in [4.69, 9.17) is 37.8 Å². The highest BCUT2D eigenvalue weighted by molar-refractivity contribution is 6.66. The van der Waals surface area contributed by atoms with E-state index in [1.54, 1.807) is 116 Å². The number of anilines is 4. The Bertz CT molecular complexity index is 3440. The topological polar surface area (TPSA) is 289 Å². The van der Waals surface area contributed by atoms with Gasteiger partial charge in [-0.25, -0.2) is 53.5 Å². The third-order valence-corrected chi connectivity index (χ3v) is 12.2. The minimum atomic E-state index is -0.564. The number of hydrogen-bond donors (Lipinski definition) is 4. The van der Waals surface area contributed by atoms with Gasteiger partial charge in [0.2, 0.25) is 23.0 Å². The maximum absolute atomic E-state index is 12.6. The van der Waals surface area contributed by atoms with Gasteiger partial charge in [-0.3, -0.25) is 19.2 Å². The number of aromatic nitrogens is 10. The van der Waals surface area contributed by atoms with Crippen LogP contribution in [0, 0.1) is 0 Å². The summed E-state index contributed by atoms with van der Waals surface area (Å²) in [6.45, 7) is 14.4. The monoisotopic (exact) mass is 1040 g/mol. The Hall–Kier alpha value is -9.44. The van der Waals surface area contributed by atoms with Crippen molar-refractivity contribution in [3.63, 3.8) is 0 Å². The third kappa shape index (κ3) is 12.3. The van der Waals surface area contributed by atoms with Gasteiger partial charge in [-0.05, 0) is 106 Å². The van der Waals surface area contributed by atoms with Gasteiger partial charge in [-0.1, -0.05) is 49.6 Å². The van der Waals surface area contributed by atoms with Gasteiger partial charge in [0.1, 0.15) is 41.5 Å². The molecule has 2 atom stereocenters. The van der Waals surface area contributed by atoms with Crippen LogP contribution in [0.1, 0.15) is 77.6 Å². The lowest BCUT2D eigenvalue weighted by Gasteiger charge is -2.24. The first-order valence-corrected chi connectivity index (χ1v) is 24.2. The molecule has 0 spiro atoms. The Kier molecular flexibility index (Phi) is 16.1. The van der Waals surface area contributed by atoms with Crippen molar-refractivity contribution in [2.45, 2.75) is 51.0 Å². The van der Waals surface area contributed by atoms with E-state index in [-0.39, 0.29) is 47.5 Å². The standard InChI is InChI=1S/C26H28N8O3.C24H22N8O2.C3H3ClO/c1-26(2,3)37-25(36)33-13-11-18(14-33)20-22-29-15-30-24(27)34(22)21(32-20)16-7-9-17(10-8-16)23(35)31-19-6-4-5-12-28-19;1-2-19(33)31-12-10-17(13-31)20-22-27-14-28-24(25)32(22)21(30-20)15-6-8-16(9-7-15)23(34)29-18-5-3-4-11-26-18;1-2-3(4)5/h4-10,12,15,18H,11,13-14H2,1-3H3,(H2,27,29,30)(H,28,31,35);2-9,11,14,17H,1,10,12-13H2,(H2,25,27,28)(H,26,29,34);2H,1H2. The number of allylic oxidation sites excluding steroid dienone is 1. The Balaban J connectivity index is 0.000000186. The summed E-state index contributed by atoms with van der Waals surface area (Å²) in [6.07, 6.45) is 9.56. The predicted molar refractivity (Wildman–Crippen MR) is 286 cm³/mol. The van der Waals surface area contributed by atoms with Gasteiger partial charge >= 0.3 is 6.09 Å². The molecule has 4 amide bonds. The minimum Gasteiger partial charge on any atom is -0.444 e. The van der Waals surface area contributed by atoms with E-state index < -0.39 is 10.8 Å². The van der Waals surface area contributed by atoms with Crippen LogP contribution in [-0.2, 0) is 14.3 Å². The second kappa shape index (κ2) is 23.2.